The molecule has 7 atom stereocenters. The van der Waals surface area contributed by atoms with Gasteiger partial charge in [0.25, 0.3) is 0 Å². The van der Waals surface area contributed by atoms with E-state index in [1.165, 1.54) is 4.90 Å². The average Bonchev–Trinajstić information content (AvgIpc) is 3.47. The van der Waals surface area contributed by atoms with Gasteiger partial charge in [0.1, 0.15) is 6.04 Å². The first-order chi connectivity index (χ1) is 17.8. The quantitative estimate of drug-likeness (QED) is 0.509. The number of para-hydroxylation sites is 1. The van der Waals surface area contributed by atoms with Crippen molar-refractivity contribution in [2.45, 2.75) is 49.3 Å². The predicted octanol–water partition coefficient (Wildman–Crippen LogP) is 4.22. The Morgan fingerprint density at radius 1 is 1.24 bits per heavy atom. The topological polar surface area (TPSA) is 95.9 Å². The molecule has 3 heterocycles. The van der Waals surface area contributed by atoms with Crippen LogP contribution < -0.4 is 5.32 Å². The van der Waals surface area contributed by atoms with E-state index < -0.39 is 34.6 Å². The summed E-state index contributed by atoms with van der Waals surface area (Å²) in [5.41, 5.74) is 2.02. The van der Waals surface area contributed by atoms with Crippen LogP contribution in [0.15, 0.2) is 48.5 Å². The molecule has 0 aromatic heterocycles. The molecule has 2 aromatic rings. The number of likely N-dealkylation sites (tertiary alicyclic amines) is 1. The third-order valence-corrected chi connectivity index (χ3v) is 10.5. The first-order valence-corrected chi connectivity index (χ1v) is 13.9. The number of fused-ring (bicyclic) bond motifs is 1. The summed E-state index contributed by atoms with van der Waals surface area (Å²) in [5.74, 6) is -2.41. The number of ether oxygens (including phenoxy) is 1. The number of carbonyl (C=O) groups excluding carboxylic acids is 3. The maximum Gasteiger partial charge on any atom is 0.310 e. The molecule has 5 rings (SSSR count). The number of benzene rings is 2. The van der Waals surface area contributed by atoms with E-state index in [0.717, 1.165) is 11.1 Å². The van der Waals surface area contributed by atoms with E-state index in [1.54, 1.807) is 24.8 Å². The van der Waals surface area contributed by atoms with E-state index in [9.17, 15) is 19.5 Å². The number of hydrogen-bond donors (Lipinski definition) is 2. The smallest absolute Gasteiger partial charge is 0.310 e. The molecule has 0 radical (unpaired) electrons. The highest BCUT2D eigenvalue weighted by Gasteiger charge is 2.77. The zero-order valence-corrected chi connectivity index (χ0v) is 22.6. The van der Waals surface area contributed by atoms with Crippen molar-refractivity contribution in [3.8, 4) is 0 Å². The van der Waals surface area contributed by atoms with Gasteiger partial charge in [0, 0.05) is 5.25 Å². The van der Waals surface area contributed by atoms with Crippen molar-refractivity contribution >= 4 is 46.8 Å². The number of halogens is 1. The number of anilines is 1. The standard InChI is InChI=1S/C28H31ClN2O5S/c1-4-36-27(35)21-20-13-16(3)28(37-20)22(21)26(34)31(19(14-32)17-10-6-5-7-11-17)24(28)25(33)30-23-15(2)9-8-12-18(23)29/h5-12,16,19-22,24,32H,4,13-14H2,1-3H3,(H,30,33)/t16?,19-,20+,21-,22+,24?,28?/m1/s1. The molecule has 196 valence electrons. The zero-order chi connectivity index (χ0) is 26.5. The number of esters is 1. The van der Waals surface area contributed by atoms with Gasteiger partial charge in [-0.05, 0) is 43.4 Å². The molecule has 2 aromatic carbocycles. The highest BCUT2D eigenvalue weighted by molar-refractivity contribution is 8.02. The Morgan fingerprint density at radius 3 is 2.62 bits per heavy atom. The molecule has 2 bridgehead atoms. The van der Waals surface area contributed by atoms with Crippen LogP contribution in [0.4, 0.5) is 5.69 Å². The molecular weight excluding hydrogens is 512 g/mol. The lowest BCUT2D eigenvalue weighted by Gasteiger charge is -2.40. The Hall–Kier alpha value is -2.55. The minimum atomic E-state index is -0.914. The van der Waals surface area contributed by atoms with Crippen LogP contribution in [-0.4, -0.2) is 57.0 Å². The average molecular weight is 543 g/mol. The molecule has 3 saturated heterocycles. The van der Waals surface area contributed by atoms with Crippen LogP contribution in [0, 0.1) is 24.7 Å². The van der Waals surface area contributed by atoms with E-state index in [1.807, 2.05) is 49.4 Å². The number of carbonyl (C=O) groups is 3. The summed E-state index contributed by atoms with van der Waals surface area (Å²) >= 11 is 8.01. The summed E-state index contributed by atoms with van der Waals surface area (Å²) in [4.78, 5) is 43.2. The molecule has 7 nitrogen and oxygen atoms in total. The molecule has 1 spiro atoms. The summed E-state index contributed by atoms with van der Waals surface area (Å²) < 4.78 is 4.57. The third kappa shape index (κ3) is 3.96. The summed E-state index contributed by atoms with van der Waals surface area (Å²) in [6, 6.07) is 12.9. The van der Waals surface area contributed by atoms with Gasteiger partial charge in [-0.1, -0.05) is 61.0 Å². The fourth-order valence-electron chi connectivity index (χ4n) is 6.61. The van der Waals surface area contributed by atoms with Crippen molar-refractivity contribution < 1.29 is 24.2 Å². The van der Waals surface area contributed by atoms with Crippen LogP contribution in [0.5, 0.6) is 0 Å². The van der Waals surface area contributed by atoms with Crippen molar-refractivity contribution in [1.29, 1.82) is 0 Å². The number of aliphatic hydroxyl groups is 1. The molecule has 37 heavy (non-hydrogen) atoms. The lowest BCUT2D eigenvalue weighted by molar-refractivity contribution is -0.154. The fourth-order valence-corrected chi connectivity index (χ4v) is 9.28. The minimum Gasteiger partial charge on any atom is -0.466 e. The molecule has 9 heteroatoms. The molecule has 3 unspecified atom stereocenters. The van der Waals surface area contributed by atoms with Crippen molar-refractivity contribution in [2.75, 3.05) is 18.5 Å². The van der Waals surface area contributed by atoms with Crippen molar-refractivity contribution in [3.05, 3.63) is 64.7 Å². The maximum atomic E-state index is 14.3. The van der Waals surface area contributed by atoms with Gasteiger partial charge in [-0.25, -0.2) is 0 Å². The summed E-state index contributed by atoms with van der Waals surface area (Å²) in [6.07, 6.45) is 0.704. The molecule has 3 fully saturated rings. The van der Waals surface area contributed by atoms with Crippen LogP contribution in [0.2, 0.25) is 5.02 Å². The van der Waals surface area contributed by atoms with Crippen molar-refractivity contribution in [1.82, 2.24) is 4.90 Å². The van der Waals surface area contributed by atoms with E-state index >= 15 is 0 Å². The lowest BCUT2D eigenvalue weighted by Crippen LogP contribution is -2.55. The number of nitrogens with one attached hydrogen (secondary N) is 1. The molecule has 0 saturated carbocycles. The number of thioether (sulfide) groups is 1. The Labute approximate surface area is 225 Å². The van der Waals surface area contributed by atoms with Gasteiger partial charge in [-0.15, -0.1) is 11.8 Å². The van der Waals surface area contributed by atoms with E-state index in [-0.39, 0.29) is 36.2 Å². The van der Waals surface area contributed by atoms with E-state index in [0.29, 0.717) is 17.1 Å². The van der Waals surface area contributed by atoms with Gasteiger partial charge in [0.15, 0.2) is 0 Å². The van der Waals surface area contributed by atoms with Crippen molar-refractivity contribution in [3.63, 3.8) is 0 Å². The molecule has 2 amide bonds. The normalized spacial score (nSPS) is 30.8. The van der Waals surface area contributed by atoms with E-state index in [2.05, 4.69) is 12.2 Å². The number of hydrogen-bond acceptors (Lipinski definition) is 6. The highest BCUT2D eigenvalue weighted by Crippen LogP contribution is 2.69. The summed E-state index contributed by atoms with van der Waals surface area (Å²) in [5, 5.41) is 13.8. The first-order valence-electron chi connectivity index (χ1n) is 12.6. The van der Waals surface area contributed by atoms with Crippen LogP contribution in [0.3, 0.4) is 0 Å². The lowest BCUT2D eigenvalue weighted by atomic mass is 9.66. The van der Waals surface area contributed by atoms with Gasteiger partial charge >= 0.3 is 5.97 Å². The molecule has 3 aliphatic rings. The second-order valence-electron chi connectivity index (χ2n) is 10.1. The maximum absolute atomic E-state index is 14.3. The summed E-state index contributed by atoms with van der Waals surface area (Å²) in [6.45, 7) is 5.52. The van der Waals surface area contributed by atoms with Crippen LogP contribution in [0.1, 0.15) is 37.4 Å². The number of aliphatic hydroxyl groups excluding tert-OH is 1. The molecule has 2 N–H and O–H groups in total. The van der Waals surface area contributed by atoms with Crippen LogP contribution in [0.25, 0.3) is 0 Å². The van der Waals surface area contributed by atoms with Gasteiger partial charge < -0.3 is 20.1 Å². The summed E-state index contributed by atoms with van der Waals surface area (Å²) in [7, 11) is 0. The van der Waals surface area contributed by atoms with Gasteiger partial charge in [0.2, 0.25) is 11.8 Å². The second-order valence-corrected chi connectivity index (χ2v) is 12.0. The molecule has 3 aliphatic heterocycles. The van der Waals surface area contributed by atoms with Crippen LogP contribution >= 0.6 is 23.4 Å². The number of rotatable bonds is 7. The Bertz CT molecular complexity index is 1210. The molecule has 0 aliphatic carbocycles. The van der Waals surface area contributed by atoms with Crippen LogP contribution in [-0.2, 0) is 19.1 Å². The largest absolute Gasteiger partial charge is 0.466 e. The predicted molar refractivity (Wildman–Crippen MR) is 143 cm³/mol. The fraction of sp³-hybridized carbons (Fsp3) is 0.464. The monoisotopic (exact) mass is 542 g/mol. The highest BCUT2D eigenvalue weighted by atomic mass is 35.5. The zero-order valence-electron chi connectivity index (χ0n) is 21.0. The first kappa shape index (κ1) is 26.1. The number of aryl methyl sites for hydroxylation is 1. The van der Waals surface area contributed by atoms with Gasteiger partial charge in [-0.3, -0.25) is 14.4 Å². The Balaban J connectivity index is 1.64. The van der Waals surface area contributed by atoms with Gasteiger partial charge in [0.05, 0.1) is 46.5 Å². The minimum absolute atomic E-state index is 0.00895. The Morgan fingerprint density at radius 2 is 1.97 bits per heavy atom. The van der Waals surface area contributed by atoms with Crippen molar-refractivity contribution in [2.24, 2.45) is 17.8 Å². The third-order valence-electron chi connectivity index (χ3n) is 8.15. The Kier molecular flexibility index (Phi) is 7.02. The number of nitrogens with zero attached hydrogens (tertiary/aromatic N) is 1. The SMILES string of the molecule is CCOC(=O)[C@@H]1[C@@H]2CC(C)C3(S2)C(C(=O)Nc2c(C)cccc2Cl)N([C@H](CO)c2ccccc2)C(=O)[C@H]13. The molecular formula is C28H31ClN2O5S. The van der Waals surface area contributed by atoms with Gasteiger partial charge in [-0.2, -0.15) is 0 Å². The number of amides is 2. The van der Waals surface area contributed by atoms with E-state index in [4.69, 9.17) is 16.3 Å². The second kappa shape index (κ2) is 9.97.